The molecule has 1 aliphatic carbocycles. The van der Waals surface area contributed by atoms with Crippen LogP contribution in [-0.2, 0) is 7.05 Å². The van der Waals surface area contributed by atoms with Crippen LogP contribution < -0.4 is 10.5 Å². The molecule has 0 amide bonds. The van der Waals surface area contributed by atoms with Crippen molar-refractivity contribution < 1.29 is 4.74 Å². The van der Waals surface area contributed by atoms with Crippen LogP contribution in [0.2, 0.25) is 0 Å². The fraction of sp³-hybridized carbons (Fsp3) is 0.769. The van der Waals surface area contributed by atoms with Gasteiger partial charge in [0.2, 0.25) is 0 Å². The van der Waals surface area contributed by atoms with Crippen molar-refractivity contribution in [3.05, 3.63) is 11.9 Å². The lowest BCUT2D eigenvalue weighted by Gasteiger charge is -2.23. The summed E-state index contributed by atoms with van der Waals surface area (Å²) >= 11 is 0. The SMILES string of the molecule is COc1cnn(C)c1C(N)C1CCCCCC1. The van der Waals surface area contributed by atoms with Gasteiger partial charge in [0.1, 0.15) is 0 Å². The topological polar surface area (TPSA) is 53.1 Å². The van der Waals surface area contributed by atoms with Gasteiger partial charge in [-0.2, -0.15) is 5.10 Å². The fourth-order valence-corrected chi connectivity index (χ4v) is 2.86. The minimum atomic E-state index is 0.0514. The normalized spacial score (nSPS) is 19.9. The molecule has 0 bridgehead atoms. The molecule has 1 aliphatic rings. The Balaban J connectivity index is 2.16. The molecule has 1 aromatic heterocycles. The number of aryl methyl sites for hydroxylation is 1. The Morgan fingerprint density at radius 1 is 1.35 bits per heavy atom. The highest BCUT2D eigenvalue weighted by Crippen LogP contribution is 2.35. The van der Waals surface area contributed by atoms with Gasteiger partial charge >= 0.3 is 0 Å². The molecule has 1 saturated carbocycles. The van der Waals surface area contributed by atoms with Crippen LogP contribution in [0.15, 0.2) is 6.20 Å². The molecule has 0 radical (unpaired) electrons. The standard InChI is InChI=1S/C13H23N3O/c1-16-13(11(17-2)9-15-16)12(14)10-7-5-3-4-6-8-10/h9-10,12H,3-8,14H2,1-2H3. The van der Waals surface area contributed by atoms with E-state index in [4.69, 9.17) is 10.5 Å². The van der Waals surface area contributed by atoms with Gasteiger partial charge in [0.05, 0.1) is 25.0 Å². The van der Waals surface area contributed by atoms with Crippen LogP contribution in [0.4, 0.5) is 0 Å². The summed E-state index contributed by atoms with van der Waals surface area (Å²) in [4.78, 5) is 0. The van der Waals surface area contributed by atoms with Crippen molar-refractivity contribution >= 4 is 0 Å². The molecule has 1 atom stereocenters. The number of rotatable bonds is 3. The second-order valence-electron chi connectivity index (χ2n) is 5.00. The largest absolute Gasteiger partial charge is 0.493 e. The van der Waals surface area contributed by atoms with E-state index in [1.54, 1.807) is 13.3 Å². The second-order valence-corrected chi connectivity index (χ2v) is 5.00. The molecule has 2 rings (SSSR count). The van der Waals surface area contributed by atoms with E-state index in [2.05, 4.69) is 5.10 Å². The number of hydrogen-bond donors (Lipinski definition) is 1. The van der Waals surface area contributed by atoms with E-state index in [1.165, 1.54) is 38.5 Å². The Morgan fingerprint density at radius 2 is 2.00 bits per heavy atom. The molecule has 96 valence electrons. The maximum Gasteiger partial charge on any atom is 0.161 e. The Labute approximate surface area is 103 Å². The van der Waals surface area contributed by atoms with E-state index in [1.807, 2.05) is 11.7 Å². The van der Waals surface area contributed by atoms with Crippen LogP contribution in [0.3, 0.4) is 0 Å². The number of methoxy groups -OCH3 is 1. The van der Waals surface area contributed by atoms with Gasteiger partial charge in [-0.15, -0.1) is 0 Å². The third-order valence-electron chi connectivity index (χ3n) is 3.89. The highest BCUT2D eigenvalue weighted by Gasteiger charge is 2.26. The van der Waals surface area contributed by atoms with E-state index in [9.17, 15) is 0 Å². The fourth-order valence-electron chi connectivity index (χ4n) is 2.86. The average Bonchev–Trinajstić information content (AvgIpc) is 2.56. The first-order chi connectivity index (χ1) is 8.24. The predicted molar refractivity (Wildman–Crippen MR) is 67.9 cm³/mol. The smallest absolute Gasteiger partial charge is 0.161 e. The van der Waals surface area contributed by atoms with Gasteiger partial charge < -0.3 is 10.5 Å². The Kier molecular flexibility index (Phi) is 4.05. The highest BCUT2D eigenvalue weighted by atomic mass is 16.5. The van der Waals surface area contributed by atoms with Gasteiger partial charge in [0.15, 0.2) is 5.75 Å². The molecule has 4 nitrogen and oxygen atoms in total. The van der Waals surface area contributed by atoms with E-state index in [0.717, 1.165) is 11.4 Å². The Hall–Kier alpha value is -1.03. The molecule has 1 fully saturated rings. The molecule has 0 aliphatic heterocycles. The average molecular weight is 237 g/mol. The van der Waals surface area contributed by atoms with Gasteiger partial charge in [-0.3, -0.25) is 4.68 Å². The van der Waals surface area contributed by atoms with Gasteiger partial charge in [-0.05, 0) is 18.8 Å². The summed E-state index contributed by atoms with van der Waals surface area (Å²) < 4.78 is 7.20. The summed E-state index contributed by atoms with van der Waals surface area (Å²) in [7, 11) is 3.62. The molecule has 0 spiro atoms. The first-order valence-electron chi connectivity index (χ1n) is 6.55. The number of nitrogens with zero attached hydrogens (tertiary/aromatic N) is 2. The summed E-state index contributed by atoms with van der Waals surface area (Å²) in [6.07, 6.45) is 9.53. The molecule has 2 N–H and O–H groups in total. The summed E-state index contributed by atoms with van der Waals surface area (Å²) in [6, 6.07) is 0.0514. The molecule has 1 heterocycles. The summed E-state index contributed by atoms with van der Waals surface area (Å²) in [5.41, 5.74) is 7.46. The van der Waals surface area contributed by atoms with E-state index in [0.29, 0.717) is 5.92 Å². The number of aromatic nitrogens is 2. The van der Waals surface area contributed by atoms with Crippen molar-refractivity contribution in [1.82, 2.24) is 9.78 Å². The lowest BCUT2D eigenvalue weighted by molar-refractivity contribution is 0.347. The molecule has 1 unspecified atom stereocenters. The number of hydrogen-bond acceptors (Lipinski definition) is 3. The molecule has 17 heavy (non-hydrogen) atoms. The first-order valence-corrected chi connectivity index (χ1v) is 6.55. The van der Waals surface area contributed by atoms with Crippen LogP contribution in [0.5, 0.6) is 5.75 Å². The Morgan fingerprint density at radius 3 is 2.59 bits per heavy atom. The minimum absolute atomic E-state index is 0.0514. The quantitative estimate of drug-likeness (QED) is 0.821. The van der Waals surface area contributed by atoms with Crippen molar-refractivity contribution in [2.24, 2.45) is 18.7 Å². The van der Waals surface area contributed by atoms with Crippen molar-refractivity contribution in [1.29, 1.82) is 0 Å². The molecule has 0 aromatic carbocycles. The second kappa shape index (κ2) is 5.54. The zero-order valence-electron chi connectivity index (χ0n) is 10.9. The zero-order chi connectivity index (χ0) is 12.3. The predicted octanol–water partition coefficient (Wildman–Crippen LogP) is 2.40. The van der Waals surface area contributed by atoms with Crippen LogP contribution in [0, 0.1) is 5.92 Å². The van der Waals surface area contributed by atoms with Gasteiger partial charge in [-0.25, -0.2) is 0 Å². The maximum absolute atomic E-state index is 6.42. The lowest BCUT2D eigenvalue weighted by atomic mass is 9.90. The van der Waals surface area contributed by atoms with Crippen LogP contribution >= 0.6 is 0 Å². The third-order valence-corrected chi connectivity index (χ3v) is 3.89. The van der Waals surface area contributed by atoms with Gasteiger partial charge in [0, 0.05) is 7.05 Å². The number of ether oxygens (including phenoxy) is 1. The van der Waals surface area contributed by atoms with E-state index >= 15 is 0 Å². The molecule has 4 heteroatoms. The lowest BCUT2D eigenvalue weighted by Crippen LogP contribution is -2.24. The monoisotopic (exact) mass is 237 g/mol. The van der Waals surface area contributed by atoms with Crippen molar-refractivity contribution in [2.45, 2.75) is 44.6 Å². The summed E-state index contributed by atoms with van der Waals surface area (Å²) in [5, 5.41) is 4.24. The van der Waals surface area contributed by atoms with Crippen molar-refractivity contribution in [3.8, 4) is 5.75 Å². The molecular formula is C13H23N3O. The highest BCUT2D eigenvalue weighted by molar-refractivity contribution is 5.28. The van der Waals surface area contributed by atoms with Gasteiger partial charge in [0.25, 0.3) is 0 Å². The minimum Gasteiger partial charge on any atom is -0.493 e. The Bertz CT molecular complexity index is 354. The van der Waals surface area contributed by atoms with Crippen LogP contribution in [-0.4, -0.2) is 16.9 Å². The molecule has 1 aromatic rings. The van der Waals surface area contributed by atoms with E-state index in [-0.39, 0.29) is 6.04 Å². The third kappa shape index (κ3) is 2.63. The molecular weight excluding hydrogens is 214 g/mol. The first kappa shape index (κ1) is 12.4. The number of nitrogens with two attached hydrogens (primary N) is 1. The maximum atomic E-state index is 6.42. The molecule has 0 saturated heterocycles. The zero-order valence-corrected chi connectivity index (χ0v) is 10.9. The van der Waals surface area contributed by atoms with E-state index < -0.39 is 0 Å². The van der Waals surface area contributed by atoms with Crippen LogP contribution in [0.1, 0.15) is 50.3 Å². The van der Waals surface area contributed by atoms with Crippen molar-refractivity contribution in [2.75, 3.05) is 7.11 Å². The summed E-state index contributed by atoms with van der Waals surface area (Å²) in [5.74, 6) is 1.39. The van der Waals surface area contributed by atoms with Gasteiger partial charge in [-0.1, -0.05) is 25.7 Å². The van der Waals surface area contributed by atoms with Crippen LogP contribution in [0.25, 0.3) is 0 Å². The van der Waals surface area contributed by atoms with Crippen molar-refractivity contribution in [3.63, 3.8) is 0 Å². The summed E-state index contributed by atoms with van der Waals surface area (Å²) in [6.45, 7) is 0.